The van der Waals surface area contributed by atoms with Gasteiger partial charge in [0.05, 0.1) is 18.0 Å². The molecule has 0 saturated heterocycles. The van der Waals surface area contributed by atoms with Crippen LogP contribution in [0.25, 0.3) is 0 Å². The molecule has 0 aliphatic heterocycles. The van der Waals surface area contributed by atoms with Gasteiger partial charge in [0, 0.05) is 12.6 Å². The summed E-state index contributed by atoms with van der Waals surface area (Å²) >= 11 is 0. The number of benzene rings is 2. The number of rotatable bonds is 5. The highest BCUT2D eigenvalue weighted by Crippen LogP contribution is 2.24. The summed E-state index contributed by atoms with van der Waals surface area (Å²) < 4.78 is 24.3. The molecule has 0 heterocycles. The van der Waals surface area contributed by atoms with Gasteiger partial charge in [0.1, 0.15) is 0 Å². The molecule has 0 bridgehead atoms. The second kappa shape index (κ2) is 7.72. The second-order valence-electron chi connectivity index (χ2n) is 7.84. The molecule has 5 nitrogen and oxygen atoms in total. The summed E-state index contributed by atoms with van der Waals surface area (Å²) in [5.41, 5.74) is 3.37. The first-order valence-corrected chi connectivity index (χ1v) is 10.7. The number of hydrogen-bond donors (Lipinski definition) is 1. The van der Waals surface area contributed by atoms with Gasteiger partial charge in [0.2, 0.25) is 10.0 Å². The van der Waals surface area contributed by atoms with Gasteiger partial charge >= 0.3 is 0 Å². The van der Waals surface area contributed by atoms with E-state index < -0.39 is 10.0 Å². The first-order chi connectivity index (χ1) is 12.4. The third-order valence-corrected chi connectivity index (χ3v) is 5.82. The minimum atomic E-state index is -3.33. The van der Waals surface area contributed by atoms with Crippen LogP contribution in [0.5, 0.6) is 0 Å². The van der Waals surface area contributed by atoms with E-state index >= 15 is 0 Å². The van der Waals surface area contributed by atoms with Crippen molar-refractivity contribution >= 4 is 21.6 Å². The maximum absolute atomic E-state index is 12.5. The lowest BCUT2D eigenvalue weighted by Gasteiger charge is -2.21. The molecule has 0 aromatic heterocycles. The van der Waals surface area contributed by atoms with E-state index in [1.807, 2.05) is 19.1 Å². The molecule has 0 saturated carbocycles. The minimum absolute atomic E-state index is 0.0892. The predicted molar refractivity (Wildman–Crippen MR) is 111 cm³/mol. The molecule has 1 N–H and O–H groups in total. The predicted octanol–water partition coefficient (Wildman–Crippen LogP) is 3.87. The standard InChI is InChI=1S/C21H28N2O3S/c1-15(16-7-11-18(12-8-16)21(2,3)4)22-20(24)17-9-13-19(14-10-17)23(5)27(6,25)26/h7-15H,1-6H3,(H,22,24)/t15-/m1/s1. The van der Waals surface area contributed by atoms with Crippen LogP contribution in [-0.2, 0) is 15.4 Å². The van der Waals surface area contributed by atoms with Crippen molar-refractivity contribution in [2.24, 2.45) is 0 Å². The van der Waals surface area contributed by atoms with Crippen LogP contribution in [-0.4, -0.2) is 27.6 Å². The molecule has 0 aliphatic carbocycles. The van der Waals surface area contributed by atoms with E-state index in [2.05, 4.69) is 38.2 Å². The normalized spacial score (nSPS) is 13.1. The Kier molecular flexibility index (Phi) is 6.00. The van der Waals surface area contributed by atoms with E-state index in [1.54, 1.807) is 24.3 Å². The van der Waals surface area contributed by atoms with Crippen molar-refractivity contribution in [1.82, 2.24) is 5.32 Å². The number of carbonyl (C=O) groups is 1. The second-order valence-corrected chi connectivity index (χ2v) is 9.86. The zero-order valence-corrected chi connectivity index (χ0v) is 17.6. The molecule has 27 heavy (non-hydrogen) atoms. The number of hydrogen-bond acceptors (Lipinski definition) is 3. The van der Waals surface area contributed by atoms with Gasteiger partial charge in [0.25, 0.3) is 5.91 Å². The molecular weight excluding hydrogens is 360 g/mol. The number of anilines is 1. The van der Waals surface area contributed by atoms with Gasteiger partial charge < -0.3 is 5.32 Å². The van der Waals surface area contributed by atoms with Gasteiger partial charge in [-0.2, -0.15) is 0 Å². The van der Waals surface area contributed by atoms with Crippen LogP contribution in [0, 0.1) is 0 Å². The highest BCUT2D eigenvalue weighted by molar-refractivity contribution is 7.92. The van der Waals surface area contributed by atoms with Crippen molar-refractivity contribution in [3.8, 4) is 0 Å². The molecule has 0 radical (unpaired) electrons. The van der Waals surface area contributed by atoms with Gasteiger partial charge in [-0.05, 0) is 47.7 Å². The molecule has 0 fully saturated rings. The van der Waals surface area contributed by atoms with Gasteiger partial charge in [-0.3, -0.25) is 9.10 Å². The zero-order valence-electron chi connectivity index (χ0n) is 16.8. The Balaban J connectivity index is 2.08. The average Bonchev–Trinajstić information content (AvgIpc) is 2.59. The molecule has 6 heteroatoms. The van der Waals surface area contributed by atoms with Gasteiger partial charge in [-0.25, -0.2) is 8.42 Å². The topological polar surface area (TPSA) is 66.5 Å². The highest BCUT2D eigenvalue weighted by atomic mass is 32.2. The van der Waals surface area contributed by atoms with E-state index in [0.717, 1.165) is 11.8 Å². The van der Waals surface area contributed by atoms with Crippen LogP contribution < -0.4 is 9.62 Å². The zero-order chi connectivity index (χ0) is 20.4. The monoisotopic (exact) mass is 388 g/mol. The molecule has 0 spiro atoms. The fraction of sp³-hybridized carbons (Fsp3) is 0.381. The van der Waals surface area contributed by atoms with Crippen molar-refractivity contribution in [3.05, 3.63) is 65.2 Å². The van der Waals surface area contributed by atoms with Crippen LogP contribution in [0.2, 0.25) is 0 Å². The smallest absolute Gasteiger partial charge is 0.251 e. The van der Waals surface area contributed by atoms with Gasteiger partial charge in [-0.15, -0.1) is 0 Å². The van der Waals surface area contributed by atoms with Gasteiger partial charge in [-0.1, -0.05) is 45.0 Å². The summed E-state index contributed by atoms with van der Waals surface area (Å²) in [6, 6.07) is 14.6. The summed E-state index contributed by atoms with van der Waals surface area (Å²) in [7, 11) is -1.85. The van der Waals surface area contributed by atoms with Crippen LogP contribution in [0.15, 0.2) is 48.5 Å². The summed E-state index contributed by atoms with van der Waals surface area (Å²) in [6.07, 6.45) is 1.14. The third kappa shape index (κ3) is 5.32. The summed E-state index contributed by atoms with van der Waals surface area (Å²) in [6.45, 7) is 8.43. The quantitative estimate of drug-likeness (QED) is 0.845. The molecule has 0 unspecified atom stereocenters. The van der Waals surface area contributed by atoms with Crippen molar-refractivity contribution in [1.29, 1.82) is 0 Å². The Bertz CT molecular complexity index is 896. The first-order valence-electron chi connectivity index (χ1n) is 8.85. The Morgan fingerprint density at radius 2 is 1.52 bits per heavy atom. The number of sulfonamides is 1. The molecule has 2 aromatic rings. The summed E-state index contributed by atoms with van der Waals surface area (Å²) in [4.78, 5) is 12.5. The Morgan fingerprint density at radius 3 is 1.96 bits per heavy atom. The first kappa shape index (κ1) is 21.0. The van der Waals surface area contributed by atoms with Crippen molar-refractivity contribution in [2.45, 2.75) is 39.2 Å². The minimum Gasteiger partial charge on any atom is -0.346 e. The van der Waals surface area contributed by atoms with Crippen molar-refractivity contribution < 1.29 is 13.2 Å². The van der Waals surface area contributed by atoms with Crippen molar-refractivity contribution in [3.63, 3.8) is 0 Å². The molecule has 1 amide bonds. The van der Waals surface area contributed by atoms with E-state index in [1.165, 1.54) is 16.9 Å². The van der Waals surface area contributed by atoms with Crippen molar-refractivity contribution in [2.75, 3.05) is 17.6 Å². The highest BCUT2D eigenvalue weighted by Gasteiger charge is 2.16. The molecule has 1 atom stereocenters. The number of carbonyl (C=O) groups excluding carboxylic acids is 1. The molecule has 0 aliphatic rings. The maximum Gasteiger partial charge on any atom is 0.251 e. The summed E-state index contributed by atoms with van der Waals surface area (Å²) in [5.74, 6) is -0.198. The number of nitrogens with one attached hydrogen (secondary N) is 1. The van der Waals surface area contributed by atoms with E-state index in [4.69, 9.17) is 0 Å². The average molecular weight is 389 g/mol. The van der Waals surface area contributed by atoms with Crippen LogP contribution in [0.4, 0.5) is 5.69 Å². The van der Waals surface area contributed by atoms with Crippen LogP contribution in [0.3, 0.4) is 0 Å². The fourth-order valence-corrected chi connectivity index (χ4v) is 3.15. The lowest BCUT2D eigenvalue weighted by Crippen LogP contribution is -2.27. The number of nitrogens with zero attached hydrogens (tertiary/aromatic N) is 1. The van der Waals surface area contributed by atoms with E-state index in [9.17, 15) is 13.2 Å². The Hall–Kier alpha value is -2.34. The fourth-order valence-electron chi connectivity index (χ4n) is 2.65. The van der Waals surface area contributed by atoms with E-state index in [0.29, 0.717) is 11.3 Å². The third-order valence-electron chi connectivity index (χ3n) is 4.61. The molecule has 2 rings (SSSR count). The van der Waals surface area contributed by atoms with Gasteiger partial charge in [0.15, 0.2) is 0 Å². The number of amides is 1. The molecule has 146 valence electrons. The van der Waals surface area contributed by atoms with Crippen LogP contribution in [0.1, 0.15) is 55.2 Å². The van der Waals surface area contributed by atoms with E-state index in [-0.39, 0.29) is 17.4 Å². The maximum atomic E-state index is 12.5. The molecule has 2 aromatic carbocycles. The van der Waals surface area contributed by atoms with Crippen LogP contribution >= 0.6 is 0 Å². The SMILES string of the molecule is C[C@@H](NC(=O)c1ccc(N(C)S(C)(=O)=O)cc1)c1ccc(C(C)(C)C)cc1. The largest absolute Gasteiger partial charge is 0.346 e. The lowest BCUT2D eigenvalue weighted by molar-refractivity contribution is 0.0940. The Labute approximate surface area is 162 Å². The summed E-state index contributed by atoms with van der Waals surface area (Å²) in [5, 5.41) is 2.98. The Morgan fingerprint density at radius 1 is 1.00 bits per heavy atom. The molecular formula is C21H28N2O3S. The lowest BCUT2D eigenvalue weighted by atomic mass is 9.86.